The molecule has 0 radical (unpaired) electrons. The average Bonchev–Trinajstić information content (AvgIpc) is 3.25. The Morgan fingerprint density at radius 2 is 0.339 bits per heavy atom. The minimum atomic E-state index is 0.0413. The second-order valence-electron chi connectivity index (χ2n) is 15.2. The highest BCUT2D eigenvalue weighted by molar-refractivity contribution is 4.49. The van der Waals surface area contributed by atoms with Gasteiger partial charge in [-0.05, 0) is 19.3 Å². The van der Waals surface area contributed by atoms with Gasteiger partial charge in [-0.1, -0.05) is 168 Å². The van der Waals surface area contributed by atoms with Gasteiger partial charge in [0.1, 0.15) is 0 Å². The summed E-state index contributed by atoms with van der Waals surface area (Å²) in [6.07, 6.45) is 35.8. The lowest BCUT2D eigenvalue weighted by Crippen LogP contribution is -2.12. The Hall–Kier alpha value is -0.440. The van der Waals surface area contributed by atoms with Crippen LogP contribution in [0.15, 0.2) is 0 Å². The summed E-state index contributed by atoms with van der Waals surface area (Å²) < 4.78 is 42.2. The zero-order valence-corrected chi connectivity index (χ0v) is 39.4. The van der Waals surface area contributed by atoms with Crippen molar-refractivity contribution in [1.82, 2.24) is 0 Å². The van der Waals surface area contributed by atoms with Crippen molar-refractivity contribution >= 4 is 0 Å². The van der Waals surface area contributed by atoms with E-state index in [0.717, 1.165) is 26.2 Å². The molecule has 0 saturated carbocycles. The third-order valence-electron chi connectivity index (χ3n) is 9.49. The molecule has 0 aliphatic rings. The van der Waals surface area contributed by atoms with Crippen LogP contribution < -0.4 is 0 Å². The maximum Gasteiger partial charge on any atom is 0.0701 e. The lowest BCUT2D eigenvalue weighted by molar-refractivity contribution is -0.00577. The Bertz CT molecular complexity index is 598. The Labute approximate surface area is 365 Å². The Morgan fingerprint density at radius 3 is 0.542 bits per heavy atom. The van der Waals surface area contributed by atoms with E-state index in [1.165, 1.54) is 161 Å². The van der Waals surface area contributed by atoms with E-state index in [-0.39, 0.29) is 19.8 Å². The normalized spacial score (nSPS) is 11.1. The van der Waals surface area contributed by atoms with Gasteiger partial charge >= 0.3 is 0 Å². The average molecular weight is 855 g/mol. The topological polar surface area (TPSA) is 135 Å². The number of hydrogen-bond donors (Lipinski definition) is 3. The first-order valence-corrected chi connectivity index (χ1v) is 24.7. The van der Waals surface area contributed by atoms with Crippen LogP contribution in [0.25, 0.3) is 0 Å². The zero-order valence-electron chi connectivity index (χ0n) is 39.4. The maximum absolute atomic E-state index is 8.53. The molecule has 0 aliphatic carbocycles. The number of ether oxygens (including phenoxy) is 8. The first-order valence-electron chi connectivity index (χ1n) is 24.7. The summed E-state index contributed by atoms with van der Waals surface area (Å²) in [4.78, 5) is 0. The van der Waals surface area contributed by atoms with Crippen LogP contribution in [0.2, 0.25) is 0 Å². The lowest BCUT2D eigenvalue weighted by atomic mass is 10.1. The van der Waals surface area contributed by atoms with Gasteiger partial charge in [0.2, 0.25) is 0 Å². The van der Waals surface area contributed by atoms with Crippen molar-refractivity contribution < 1.29 is 53.2 Å². The predicted molar refractivity (Wildman–Crippen MR) is 245 cm³/mol. The van der Waals surface area contributed by atoms with E-state index in [0.29, 0.717) is 85.9 Å². The van der Waals surface area contributed by atoms with Crippen LogP contribution >= 0.6 is 0 Å². The fraction of sp³-hybridized carbons (Fsp3) is 1.00. The number of hydrogen-bond acceptors (Lipinski definition) is 11. The van der Waals surface area contributed by atoms with E-state index in [1.54, 1.807) is 0 Å². The molecular formula is C48H102O11. The molecule has 0 saturated heterocycles. The van der Waals surface area contributed by atoms with Crippen molar-refractivity contribution in [3.63, 3.8) is 0 Å². The molecule has 0 aromatic heterocycles. The van der Waals surface area contributed by atoms with E-state index in [1.807, 2.05) is 0 Å². The van der Waals surface area contributed by atoms with Crippen molar-refractivity contribution in [3.05, 3.63) is 0 Å². The molecule has 11 heteroatoms. The molecule has 0 spiro atoms. The first-order chi connectivity index (χ1) is 29.2. The van der Waals surface area contributed by atoms with Gasteiger partial charge in [-0.2, -0.15) is 0 Å². The molecule has 0 aromatic rings. The number of unbranched alkanes of at least 4 members (excludes halogenated alkanes) is 23. The molecule has 0 unspecified atom stereocenters. The second kappa shape index (κ2) is 66.7. The van der Waals surface area contributed by atoms with E-state index in [9.17, 15) is 0 Å². The molecule has 0 atom stereocenters. The molecule has 0 aromatic carbocycles. The molecule has 360 valence electrons. The van der Waals surface area contributed by atoms with Crippen LogP contribution in [0.4, 0.5) is 0 Å². The highest BCUT2D eigenvalue weighted by Gasteiger charge is 1.97. The molecule has 59 heavy (non-hydrogen) atoms. The monoisotopic (exact) mass is 855 g/mol. The minimum absolute atomic E-state index is 0.0413. The van der Waals surface area contributed by atoms with E-state index >= 15 is 0 Å². The highest BCUT2D eigenvalue weighted by Crippen LogP contribution is 2.11. The van der Waals surface area contributed by atoms with Crippen LogP contribution in [0.3, 0.4) is 0 Å². The van der Waals surface area contributed by atoms with Crippen LogP contribution in [0, 0.1) is 0 Å². The van der Waals surface area contributed by atoms with Crippen LogP contribution in [-0.4, -0.2) is 141 Å². The van der Waals surface area contributed by atoms with Crippen LogP contribution in [0.1, 0.15) is 188 Å². The maximum atomic E-state index is 8.53. The Kier molecular flexibility index (Phi) is 71.0. The second-order valence-corrected chi connectivity index (χ2v) is 15.2. The highest BCUT2D eigenvalue weighted by atomic mass is 16.6. The summed E-state index contributed by atoms with van der Waals surface area (Å²) >= 11 is 0. The summed E-state index contributed by atoms with van der Waals surface area (Å²) in [5, 5.41) is 25.2. The summed E-state index contributed by atoms with van der Waals surface area (Å²) in [6.45, 7) is 16.4. The SMILES string of the molecule is CCCCCCCCCCCCOCCOCCOCCOCCO.CCCCCCCCCCOCCCCCCCCCC.OCCOCCOCCOCCO. The molecule has 11 nitrogen and oxygen atoms in total. The Balaban J connectivity index is -0.000000836. The molecule has 0 fully saturated rings. The van der Waals surface area contributed by atoms with Gasteiger partial charge in [0.05, 0.1) is 106 Å². The lowest BCUT2D eigenvalue weighted by Gasteiger charge is -2.07. The van der Waals surface area contributed by atoms with Crippen molar-refractivity contribution in [2.24, 2.45) is 0 Å². The fourth-order valence-electron chi connectivity index (χ4n) is 5.97. The number of rotatable bonds is 50. The van der Waals surface area contributed by atoms with Gasteiger partial charge in [0.25, 0.3) is 0 Å². The summed E-state index contributed by atoms with van der Waals surface area (Å²) in [6, 6.07) is 0. The van der Waals surface area contributed by atoms with E-state index < -0.39 is 0 Å². The summed E-state index contributed by atoms with van der Waals surface area (Å²) in [5.41, 5.74) is 0. The summed E-state index contributed by atoms with van der Waals surface area (Å²) in [7, 11) is 0. The van der Waals surface area contributed by atoms with Crippen LogP contribution in [-0.2, 0) is 37.9 Å². The van der Waals surface area contributed by atoms with Crippen molar-refractivity contribution in [1.29, 1.82) is 0 Å². The van der Waals surface area contributed by atoms with Gasteiger partial charge in [0, 0.05) is 19.8 Å². The van der Waals surface area contributed by atoms with Crippen molar-refractivity contribution in [2.75, 3.05) is 126 Å². The van der Waals surface area contributed by atoms with Crippen molar-refractivity contribution in [2.45, 2.75) is 188 Å². The van der Waals surface area contributed by atoms with Crippen LogP contribution in [0.5, 0.6) is 0 Å². The third-order valence-corrected chi connectivity index (χ3v) is 9.49. The van der Waals surface area contributed by atoms with Gasteiger partial charge in [-0.15, -0.1) is 0 Å². The van der Waals surface area contributed by atoms with E-state index in [2.05, 4.69) is 20.8 Å². The summed E-state index contributed by atoms with van der Waals surface area (Å²) in [5.74, 6) is 0. The molecule has 3 N–H and O–H groups in total. The fourth-order valence-corrected chi connectivity index (χ4v) is 5.97. The first kappa shape index (κ1) is 62.9. The van der Waals surface area contributed by atoms with E-state index in [4.69, 9.17) is 53.2 Å². The van der Waals surface area contributed by atoms with Gasteiger partial charge < -0.3 is 53.2 Å². The largest absolute Gasteiger partial charge is 0.394 e. The van der Waals surface area contributed by atoms with Gasteiger partial charge in [-0.3, -0.25) is 0 Å². The molecule has 0 rings (SSSR count). The third kappa shape index (κ3) is 72.3. The van der Waals surface area contributed by atoms with Gasteiger partial charge in [-0.25, -0.2) is 0 Å². The smallest absolute Gasteiger partial charge is 0.0701 e. The standard InChI is InChI=1S/C20H42O5.C20H42O.C8H18O5/c1-2-3-4-5-6-7-8-9-10-11-13-22-15-17-24-19-20-25-18-16-23-14-12-21;1-3-5-7-9-11-13-15-17-19-21-20-18-16-14-12-10-8-6-4-2;9-1-3-11-5-7-13-8-6-12-4-2-10/h21H,2-20H2,1H3;3-20H2,1-2H3;9-10H,1-8H2. The molecule has 0 heterocycles. The molecule has 0 amide bonds. The number of aliphatic hydroxyl groups is 3. The molecule has 0 aliphatic heterocycles. The van der Waals surface area contributed by atoms with Gasteiger partial charge in [0.15, 0.2) is 0 Å². The minimum Gasteiger partial charge on any atom is -0.394 e. The quantitative estimate of drug-likeness (QED) is 0.0505. The number of aliphatic hydroxyl groups excluding tert-OH is 3. The Morgan fingerprint density at radius 1 is 0.186 bits per heavy atom. The molecular weight excluding hydrogens is 753 g/mol. The van der Waals surface area contributed by atoms with Crippen molar-refractivity contribution in [3.8, 4) is 0 Å². The molecule has 0 bridgehead atoms. The zero-order chi connectivity index (χ0) is 43.5. The predicted octanol–water partition coefficient (Wildman–Crippen LogP) is 10.3.